The minimum absolute atomic E-state index is 0.0847. The van der Waals surface area contributed by atoms with Gasteiger partial charge in [0.1, 0.15) is 0 Å². The quantitative estimate of drug-likeness (QED) is 0.492. The summed E-state index contributed by atoms with van der Waals surface area (Å²) in [5.41, 5.74) is 3.88. The summed E-state index contributed by atoms with van der Waals surface area (Å²) < 4.78 is 0. The fourth-order valence-corrected chi connectivity index (χ4v) is 3.22. The van der Waals surface area contributed by atoms with Crippen molar-refractivity contribution in [2.45, 2.75) is 38.6 Å². The minimum Gasteiger partial charge on any atom is -0.341 e. The van der Waals surface area contributed by atoms with Crippen molar-refractivity contribution in [1.29, 1.82) is 0 Å². The predicted molar refractivity (Wildman–Crippen MR) is 101 cm³/mol. The first-order chi connectivity index (χ1) is 12.9. The third-order valence-corrected chi connectivity index (χ3v) is 4.76. The number of rotatable bonds is 4. The predicted octanol–water partition coefficient (Wildman–Crippen LogP) is 3.29. The van der Waals surface area contributed by atoms with E-state index in [0.29, 0.717) is 5.69 Å². The molecule has 0 heterocycles. The number of nitro groups is 1. The van der Waals surface area contributed by atoms with E-state index in [0.717, 1.165) is 18.4 Å². The van der Waals surface area contributed by atoms with Crippen LogP contribution in [0, 0.1) is 10.1 Å². The summed E-state index contributed by atoms with van der Waals surface area (Å²) in [4.78, 5) is 34.4. The van der Waals surface area contributed by atoms with Gasteiger partial charge in [-0.05, 0) is 61.4 Å². The summed E-state index contributed by atoms with van der Waals surface area (Å²) in [6, 6.07) is 11.2. The second-order valence-electron chi connectivity index (χ2n) is 6.69. The molecule has 0 spiro atoms. The Labute approximate surface area is 156 Å². The molecule has 0 saturated carbocycles. The van der Waals surface area contributed by atoms with E-state index in [1.807, 2.05) is 13.0 Å². The molecule has 1 unspecified atom stereocenters. The Hall–Kier alpha value is -3.22. The first-order valence-corrected chi connectivity index (χ1v) is 8.92. The van der Waals surface area contributed by atoms with E-state index in [1.54, 1.807) is 0 Å². The van der Waals surface area contributed by atoms with Gasteiger partial charge in [0.15, 0.2) is 0 Å². The third kappa shape index (κ3) is 4.49. The zero-order valence-corrected chi connectivity index (χ0v) is 15.0. The van der Waals surface area contributed by atoms with Gasteiger partial charge in [0, 0.05) is 17.8 Å². The molecule has 2 amide bonds. The maximum Gasteiger partial charge on any atom is 0.313 e. The van der Waals surface area contributed by atoms with Crippen molar-refractivity contribution in [3.63, 3.8) is 0 Å². The molecule has 0 bridgehead atoms. The Kier molecular flexibility index (Phi) is 5.49. The van der Waals surface area contributed by atoms with Crippen LogP contribution in [0.15, 0.2) is 42.5 Å². The molecule has 0 aliphatic heterocycles. The van der Waals surface area contributed by atoms with Crippen molar-refractivity contribution in [2.75, 3.05) is 5.32 Å². The Balaban J connectivity index is 1.60. The number of amides is 2. The molecule has 1 atom stereocenters. The van der Waals surface area contributed by atoms with E-state index in [9.17, 15) is 19.7 Å². The fourth-order valence-electron chi connectivity index (χ4n) is 3.22. The number of nitrogens with zero attached hydrogens (tertiary/aromatic N) is 1. The van der Waals surface area contributed by atoms with Crippen LogP contribution in [-0.2, 0) is 22.4 Å². The van der Waals surface area contributed by atoms with Crippen LogP contribution in [0.5, 0.6) is 0 Å². The maximum absolute atomic E-state index is 12.2. The number of non-ortho nitro benzene ring substituents is 1. The second kappa shape index (κ2) is 7.99. The van der Waals surface area contributed by atoms with Crippen LogP contribution in [0.4, 0.5) is 11.4 Å². The van der Waals surface area contributed by atoms with Crippen LogP contribution >= 0.6 is 0 Å². The lowest BCUT2D eigenvalue weighted by molar-refractivity contribution is -0.384. The normalized spacial score (nSPS) is 14.0. The summed E-state index contributed by atoms with van der Waals surface area (Å²) in [5.74, 6) is -1.56. The Morgan fingerprint density at radius 3 is 2.33 bits per heavy atom. The molecule has 1 aliphatic rings. The van der Waals surface area contributed by atoms with E-state index in [1.165, 1.54) is 48.2 Å². The molecular weight excluding hydrogens is 346 g/mol. The van der Waals surface area contributed by atoms with Crippen LogP contribution in [0.25, 0.3) is 0 Å². The summed E-state index contributed by atoms with van der Waals surface area (Å²) in [7, 11) is 0. The number of carbonyl (C=O) groups is 2. The van der Waals surface area contributed by atoms with Gasteiger partial charge >= 0.3 is 11.8 Å². The number of benzene rings is 2. The number of anilines is 1. The summed E-state index contributed by atoms with van der Waals surface area (Å²) in [5, 5.41) is 15.8. The lowest BCUT2D eigenvalue weighted by atomic mass is 9.89. The minimum atomic E-state index is -0.811. The molecule has 0 aromatic heterocycles. The molecule has 0 saturated heterocycles. The standard InChI is InChI=1S/C20H21N3O4/c1-13(15-7-6-14-4-2-3-5-16(14)12-15)21-19(24)20(25)22-17-8-10-18(11-9-17)23(26)27/h6-13H,2-5H2,1H3,(H,21,24)(H,22,25). The van der Waals surface area contributed by atoms with Crippen molar-refractivity contribution < 1.29 is 14.5 Å². The molecule has 2 aromatic rings. The van der Waals surface area contributed by atoms with E-state index in [-0.39, 0.29) is 11.7 Å². The van der Waals surface area contributed by atoms with E-state index in [4.69, 9.17) is 0 Å². The van der Waals surface area contributed by atoms with Gasteiger partial charge in [0.05, 0.1) is 11.0 Å². The van der Waals surface area contributed by atoms with Gasteiger partial charge in [0.25, 0.3) is 5.69 Å². The number of fused-ring (bicyclic) bond motifs is 1. The van der Waals surface area contributed by atoms with Gasteiger partial charge in [-0.1, -0.05) is 18.2 Å². The molecule has 2 N–H and O–H groups in total. The van der Waals surface area contributed by atoms with Crippen LogP contribution in [0.3, 0.4) is 0 Å². The van der Waals surface area contributed by atoms with Gasteiger partial charge in [-0.15, -0.1) is 0 Å². The van der Waals surface area contributed by atoms with Crippen LogP contribution < -0.4 is 10.6 Å². The molecule has 7 heteroatoms. The second-order valence-corrected chi connectivity index (χ2v) is 6.69. The molecule has 3 rings (SSSR count). The van der Waals surface area contributed by atoms with Crippen LogP contribution in [0.1, 0.15) is 42.5 Å². The molecule has 1 aliphatic carbocycles. The molecule has 27 heavy (non-hydrogen) atoms. The number of hydrogen-bond donors (Lipinski definition) is 2. The first kappa shape index (κ1) is 18.6. The average Bonchev–Trinajstić information content (AvgIpc) is 2.67. The average molecular weight is 367 g/mol. The van der Waals surface area contributed by atoms with Crippen molar-refractivity contribution in [3.8, 4) is 0 Å². The number of nitro benzene ring substituents is 1. The van der Waals surface area contributed by atoms with Crippen LogP contribution in [-0.4, -0.2) is 16.7 Å². The van der Waals surface area contributed by atoms with E-state index in [2.05, 4.69) is 22.8 Å². The maximum atomic E-state index is 12.2. The summed E-state index contributed by atoms with van der Waals surface area (Å²) >= 11 is 0. The van der Waals surface area contributed by atoms with Crippen molar-refractivity contribution in [2.24, 2.45) is 0 Å². The van der Waals surface area contributed by atoms with Crippen LogP contribution in [0.2, 0.25) is 0 Å². The number of hydrogen-bond acceptors (Lipinski definition) is 4. The van der Waals surface area contributed by atoms with Gasteiger partial charge in [-0.3, -0.25) is 19.7 Å². The molecular formula is C20H21N3O4. The number of carbonyl (C=O) groups excluding carboxylic acids is 2. The monoisotopic (exact) mass is 367 g/mol. The Morgan fingerprint density at radius 2 is 1.67 bits per heavy atom. The summed E-state index contributed by atoms with van der Waals surface area (Å²) in [6.07, 6.45) is 4.52. The number of aryl methyl sites for hydroxylation is 2. The zero-order chi connectivity index (χ0) is 19.4. The topological polar surface area (TPSA) is 101 Å². The fraction of sp³-hybridized carbons (Fsp3) is 0.300. The lowest BCUT2D eigenvalue weighted by Gasteiger charge is -2.20. The van der Waals surface area contributed by atoms with E-state index >= 15 is 0 Å². The Bertz CT molecular complexity index is 877. The number of nitrogens with one attached hydrogen (secondary N) is 2. The molecule has 2 aromatic carbocycles. The van der Waals surface area contributed by atoms with Crippen molar-refractivity contribution in [3.05, 3.63) is 69.3 Å². The highest BCUT2D eigenvalue weighted by atomic mass is 16.6. The SMILES string of the molecule is CC(NC(=O)C(=O)Nc1ccc([N+](=O)[O-])cc1)c1ccc2c(c1)CCCC2. The van der Waals surface area contributed by atoms with Gasteiger partial charge < -0.3 is 10.6 Å². The molecule has 0 radical (unpaired) electrons. The smallest absolute Gasteiger partial charge is 0.313 e. The highest BCUT2D eigenvalue weighted by Gasteiger charge is 2.19. The summed E-state index contributed by atoms with van der Waals surface area (Å²) in [6.45, 7) is 1.83. The lowest BCUT2D eigenvalue weighted by Crippen LogP contribution is -2.37. The van der Waals surface area contributed by atoms with Crippen molar-refractivity contribution >= 4 is 23.2 Å². The van der Waals surface area contributed by atoms with Gasteiger partial charge in [-0.2, -0.15) is 0 Å². The zero-order valence-electron chi connectivity index (χ0n) is 15.0. The first-order valence-electron chi connectivity index (χ1n) is 8.92. The van der Waals surface area contributed by atoms with Gasteiger partial charge in [0.2, 0.25) is 0 Å². The molecule has 0 fully saturated rings. The van der Waals surface area contributed by atoms with E-state index < -0.39 is 16.7 Å². The van der Waals surface area contributed by atoms with Gasteiger partial charge in [-0.25, -0.2) is 0 Å². The molecule has 7 nitrogen and oxygen atoms in total. The highest BCUT2D eigenvalue weighted by Crippen LogP contribution is 2.24. The largest absolute Gasteiger partial charge is 0.341 e. The Morgan fingerprint density at radius 1 is 1.00 bits per heavy atom. The molecule has 140 valence electrons. The highest BCUT2D eigenvalue weighted by molar-refractivity contribution is 6.39. The van der Waals surface area contributed by atoms with Crippen molar-refractivity contribution in [1.82, 2.24) is 5.32 Å². The third-order valence-electron chi connectivity index (χ3n) is 4.76.